The van der Waals surface area contributed by atoms with Gasteiger partial charge in [-0.3, -0.25) is 14.4 Å². The molecule has 8 heteroatoms. The quantitative estimate of drug-likeness (QED) is 0.480. The predicted molar refractivity (Wildman–Crippen MR) is 118 cm³/mol. The van der Waals surface area contributed by atoms with Gasteiger partial charge in [0.1, 0.15) is 12.3 Å². The molecule has 4 rings (SSSR count). The van der Waals surface area contributed by atoms with Crippen LogP contribution >= 0.6 is 23.2 Å². The fraction of sp³-hybridized carbons (Fsp3) is 0.708. The van der Waals surface area contributed by atoms with Crippen LogP contribution in [-0.4, -0.2) is 51.8 Å². The number of fused-ring (bicyclic) bond motifs is 5. The van der Waals surface area contributed by atoms with Crippen molar-refractivity contribution >= 4 is 40.7 Å². The lowest BCUT2D eigenvalue weighted by Gasteiger charge is -2.62. The first-order valence-electron chi connectivity index (χ1n) is 11.1. The first kappa shape index (κ1) is 23.9. The zero-order valence-electron chi connectivity index (χ0n) is 18.5. The van der Waals surface area contributed by atoms with Crippen molar-refractivity contribution in [3.63, 3.8) is 0 Å². The van der Waals surface area contributed by atoms with Gasteiger partial charge in [0, 0.05) is 23.1 Å². The van der Waals surface area contributed by atoms with E-state index in [2.05, 4.69) is 0 Å². The zero-order valence-corrected chi connectivity index (χ0v) is 20.0. The third-order valence-electron chi connectivity index (χ3n) is 8.84. The lowest BCUT2D eigenvalue weighted by Crippen LogP contribution is -2.63. The summed E-state index contributed by atoms with van der Waals surface area (Å²) in [5.41, 5.74) is -2.68. The number of ketones is 2. The molecule has 0 heterocycles. The van der Waals surface area contributed by atoms with Crippen molar-refractivity contribution in [1.29, 1.82) is 0 Å². The molecule has 8 atom stereocenters. The third kappa shape index (κ3) is 3.16. The van der Waals surface area contributed by atoms with Gasteiger partial charge >= 0.3 is 5.97 Å². The van der Waals surface area contributed by atoms with Crippen LogP contribution in [0.3, 0.4) is 0 Å². The lowest BCUT2D eigenvalue weighted by molar-refractivity contribution is -0.168. The molecule has 3 fully saturated rings. The number of hydrogen-bond donors (Lipinski definition) is 1. The Kier molecular flexibility index (Phi) is 5.71. The number of ether oxygens (including phenoxy) is 1. The van der Waals surface area contributed by atoms with Gasteiger partial charge in [0.05, 0.1) is 4.87 Å². The topological polar surface area (TPSA) is 80.7 Å². The highest BCUT2D eigenvalue weighted by atomic mass is 35.5. The van der Waals surface area contributed by atoms with E-state index in [1.165, 1.54) is 19.1 Å². The number of Topliss-reactive ketones (excluding diaryl/α,β-unsaturated/α-hetero) is 1. The summed E-state index contributed by atoms with van der Waals surface area (Å²) in [7, 11) is 0. The van der Waals surface area contributed by atoms with Gasteiger partial charge in [-0.1, -0.05) is 19.9 Å². The fourth-order valence-electron chi connectivity index (χ4n) is 7.37. The molecule has 176 valence electrons. The van der Waals surface area contributed by atoms with Crippen molar-refractivity contribution in [3.05, 3.63) is 23.8 Å². The molecule has 0 aliphatic heterocycles. The Labute approximate surface area is 197 Å². The minimum Gasteiger partial charge on any atom is -0.458 e. The van der Waals surface area contributed by atoms with Crippen LogP contribution in [0, 0.1) is 28.6 Å². The van der Waals surface area contributed by atoms with Crippen LogP contribution in [0.25, 0.3) is 0 Å². The third-order valence-corrected chi connectivity index (χ3v) is 9.73. The van der Waals surface area contributed by atoms with Crippen molar-refractivity contribution < 1.29 is 28.6 Å². The number of allylic oxidation sites excluding steroid dienone is 4. The van der Waals surface area contributed by atoms with Crippen LogP contribution in [-0.2, 0) is 19.1 Å². The molecule has 0 unspecified atom stereocenters. The number of aliphatic hydroxyl groups is 1. The summed E-state index contributed by atoms with van der Waals surface area (Å²) < 4.78 is 19.3. The van der Waals surface area contributed by atoms with Crippen LogP contribution in [0.2, 0.25) is 0 Å². The summed E-state index contributed by atoms with van der Waals surface area (Å²) in [6, 6.07) is 0. The van der Waals surface area contributed by atoms with Crippen LogP contribution < -0.4 is 0 Å². The second kappa shape index (κ2) is 7.64. The van der Waals surface area contributed by atoms with E-state index in [-0.39, 0.29) is 36.4 Å². The molecule has 0 aromatic carbocycles. The number of rotatable bonds is 4. The van der Waals surface area contributed by atoms with Crippen molar-refractivity contribution in [2.45, 2.75) is 62.3 Å². The lowest BCUT2D eigenvalue weighted by atomic mass is 9.45. The second-order valence-electron chi connectivity index (χ2n) is 10.4. The van der Waals surface area contributed by atoms with E-state index in [1.807, 2.05) is 13.8 Å². The van der Waals surface area contributed by atoms with Gasteiger partial charge in [-0.15, -0.1) is 23.2 Å². The van der Waals surface area contributed by atoms with Crippen molar-refractivity contribution in [2.24, 2.45) is 28.6 Å². The molecule has 0 aromatic rings. The van der Waals surface area contributed by atoms with Crippen molar-refractivity contribution in [1.82, 2.24) is 0 Å². The molecule has 4 aliphatic rings. The summed E-state index contributed by atoms with van der Waals surface area (Å²) in [5.74, 6) is -1.74. The molecule has 1 N–H and O–H groups in total. The number of esters is 1. The summed E-state index contributed by atoms with van der Waals surface area (Å²) >= 11 is 13.8. The highest BCUT2D eigenvalue weighted by Crippen LogP contribution is 2.70. The molecule has 0 radical (unpaired) electrons. The van der Waals surface area contributed by atoms with E-state index in [0.717, 1.165) is 0 Å². The maximum absolute atomic E-state index is 14.4. The first-order valence-corrected chi connectivity index (χ1v) is 11.9. The van der Waals surface area contributed by atoms with E-state index in [1.54, 1.807) is 6.08 Å². The van der Waals surface area contributed by atoms with E-state index in [9.17, 15) is 23.9 Å². The number of halogens is 3. The van der Waals surface area contributed by atoms with Gasteiger partial charge in [0.15, 0.2) is 12.4 Å². The molecule has 0 amide bonds. The molecule has 4 aliphatic carbocycles. The summed E-state index contributed by atoms with van der Waals surface area (Å²) in [6.07, 6.45) is 6.17. The maximum atomic E-state index is 14.4. The van der Waals surface area contributed by atoms with E-state index >= 15 is 0 Å². The van der Waals surface area contributed by atoms with Gasteiger partial charge < -0.3 is 9.84 Å². The largest absolute Gasteiger partial charge is 0.458 e. The number of carbonyl (C=O) groups excluding carboxylic acids is 3. The van der Waals surface area contributed by atoms with Crippen LogP contribution in [0.4, 0.5) is 4.39 Å². The molecule has 3 saturated carbocycles. The average Bonchev–Trinajstić information content (AvgIpc) is 2.99. The fourth-order valence-corrected chi connectivity index (χ4v) is 8.58. The summed E-state index contributed by atoms with van der Waals surface area (Å²) in [4.78, 5) is 35.0. The minimum absolute atomic E-state index is 0.122. The highest BCUT2D eigenvalue weighted by Gasteiger charge is 2.70. The summed E-state index contributed by atoms with van der Waals surface area (Å²) in [6.45, 7) is 3.71. The first-order chi connectivity index (χ1) is 14.8. The van der Waals surface area contributed by atoms with Crippen LogP contribution in [0.15, 0.2) is 23.8 Å². The van der Waals surface area contributed by atoms with E-state index < -0.39 is 51.7 Å². The van der Waals surface area contributed by atoms with E-state index in [4.69, 9.17) is 27.9 Å². The highest BCUT2D eigenvalue weighted by molar-refractivity contribution is 6.27. The molecule has 0 bridgehead atoms. The molecule has 0 aromatic heterocycles. The Bertz CT molecular complexity index is 933. The normalized spacial score (nSPS) is 47.2. The maximum Gasteiger partial charge on any atom is 0.303 e. The number of hydrogen-bond acceptors (Lipinski definition) is 5. The Hall–Kier alpha value is -1.24. The Morgan fingerprint density at radius 3 is 2.62 bits per heavy atom. The Balaban J connectivity index is 1.75. The smallest absolute Gasteiger partial charge is 0.303 e. The second-order valence-corrected chi connectivity index (χ2v) is 11.7. The molecular weight excluding hydrogens is 458 g/mol. The number of carbonyl (C=O) groups is 3. The molecule has 5 nitrogen and oxygen atoms in total. The summed E-state index contributed by atoms with van der Waals surface area (Å²) in [5, 5.41) is 11.1. The van der Waals surface area contributed by atoms with E-state index in [0.29, 0.717) is 18.4 Å². The van der Waals surface area contributed by atoms with Gasteiger partial charge in [0.2, 0.25) is 5.78 Å². The van der Waals surface area contributed by atoms with Gasteiger partial charge in [0.25, 0.3) is 0 Å². The van der Waals surface area contributed by atoms with Gasteiger partial charge in [-0.05, 0) is 61.2 Å². The van der Waals surface area contributed by atoms with Gasteiger partial charge in [-0.2, -0.15) is 0 Å². The monoisotopic (exact) mass is 486 g/mol. The SMILES string of the molecule is CC(=O)OCC(=O)[C@@]1(O)CC[C@H]2[C@@H]3C[C@](Cl)(CF)C4=CC(=O)C=C[C@]4(C)[C@H]3[C@@H](Cl)C[C@@]21C. The molecule has 0 saturated heterocycles. The average molecular weight is 487 g/mol. The number of alkyl halides is 3. The molecule has 32 heavy (non-hydrogen) atoms. The van der Waals surface area contributed by atoms with Crippen LogP contribution in [0.1, 0.15) is 46.5 Å². The zero-order chi connectivity index (χ0) is 23.7. The van der Waals surface area contributed by atoms with Crippen molar-refractivity contribution in [2.75, 3.05) is 13.3 Å². The molecule has 0 spiro atoms. The standard InChI is InChI=1S/C24H29Cl2FO5/c1-13(28)32-11-19(30)24(31)7-5-16-15-9-23(26,12-27)18-8-14(29)4-6-21(18,2)20(15)17(25)10-22(16,24)3/h4,6,8,15-17,20,31H,5,7,9-12H2,1-3H3/t15-,16-,17-,20+,21-,22-,23-,24-/m0/s1. The molecular formula is C24H29Cl2FO5. The van der Waals surface area contributed by atoms with Crippen molar-refractivity contribution in [3.8, 4) is 0 Å². The predicted octanol–water partition coefficient (Wildman–Crippen LogP) is 3.93. The van der Waals surface area contributed by atoms with Gasteiger partial charge in [-0.25, -0.2) is 4.39 Å². The minimum atomic E-state index is -1.69. The Morgan fingerprint density at radius 1 is 1.31 bits per heavy atom. The Morgan fingerprint density at radius 2 is 2.00 bits per heavy atom. The van der Waals surface area contributed by atoms with Crippen LogP contribution in [0.5, 0.6) is 0 Å².